The molecule has 0 radical (unpaired) electrons. The lowest BCUT2D eigenvalue weighted by atomic mass is 10.4. The molecule has 2 aromatic heterocycles. The molecule has 2 nitrogen and oxygen atoms in total. The SMILES string of the molecule is CCCNCCN(C)Cc1cc2sccc2s1. The fraction of sp³-hybridized carbons (Fsp3) is 0.538. The fourth-order valence-corrected chi connectivity index (χ4v) is 4.03. The summed E-state index contributed by atoms with van der Waals surface area (Å²) in [7, 11) is 2.20. The Kier molecular flexibility index (Phi) is 4.98. The van der Waals surface area contributed by atoms with Crippen LogP contribution in [0.25, 0.3) is 9.40 Å². The van der Waals surface area contributed by atoms with Crippen LogP contribution in [-0.2, 0) is 6.54 Å². The maximum Gasteiger partial charge on any atom is 0.0453 e. The summed E-state index contributed by atoms with van der Waals surface area (Å²) in [5.74, 6) is 0. The number of thiophene rings is 2. The smallest absolute Gasteiger partial charge is 0.0453 e. The minimum atomic E-state index is 1.07. The summed E-state index contributed by atoms with van der Waals surface area (Å²) in [5.41, 5.74) is 0. The second-order valence-corrected chi connectivity index (χ2v) is 6.47. The van der Waals surface area contributed by atoms with E-state index in [9.17, 15) is 0 Å². The molecule has 0 fully saturated rings. The molecule has 0 aliphatic carbocycles. The molecule has 1 N–H and O–H groups in total. The van der Waals surface area contributed by atoms with E-state index in [0.29, 0.717) is 0 Å². The highest BCUT2D eigenvalue weighted by atomic mass is 32.1. The standard InChI is InChI=1S/C13H20N2S2/c1-3-5-14-6-7-15(2)10-11-9-13-12(17-11)4-8-16-13/h4,8-9,14H,3,5-7,10H2,1-2H3. The fourth-order valence-electron chi connectivity index (χ4n) is 1.81. The lowest BCUT2D eigenvalue weighted by Gasteiger charge is -2.15. The van der Waals surface area contributed by atoms with E-state index < -0.39 is 0 Å². The number of fused-ring (bicyclic) bond motifs is 1. The quantitative estimate of drug-likeness (QED) is 0.774. The minimum absolute atomic E-state index is 1.07. The molecule has 0 atom stereocenters. The summed E-state index contributed by atoms with van der Waals surface area (Å²) in [6, 6.07) is 4.55. The summed E-state index contributed by atoms with van der Waals surface area (Å²) >= 11 is 3.76. The molecule has 0 saturated heterocycles. The minimum Gasteiger partial charge on any atom is -0.315 e. The van der Waals surface area contributed by atoms with E-state index in [1.54, 1.807) is 0 Å². The molecule has 4 heteroatoms. The third-order valence-corrected chi connectivity index (χ3v) is 4.79. The van der Waals surface area contributed by atoms with Crippen molar-refractivity contribution < 1.29 is 0 Å². The Bertz CT molecular complexity index is 418. The number of likely N-dealkylation sites (N-methyl/N-ethyl adjacent to an activating group) is 1. The van der Waals surface area contributed by atoms with Gasteiger partial charge in [0.1, 0.15) is 0 Å². The predicted molar refractivity (Wildman–Crippen MR) is 79.2 cm³/mol. The van der Waals surface area contributed by atoms with Crippen LogP contribution in [0.4, 0.5) is 0 Å². The molecule has 0 spiro atoms. The number of rotatable bonds is 7. The van der Waals surface area contributed by atoms with E-state index in [-0.39, 0.29) is 0 Å². The van der Waals surface area contributed by atoms with Gasteiger partial charge in [0.2, 0.25) is 0 Å². The Hall–Kier alpha value is -0.420. The molecular weight excluding hydrogens is 248 g/mol. The Morgan fingerprint density at radius 3 is 2.94 bits per heavy atom. The van der Waals surface area contributed by atoms with Gasteiger partial charge in [0.05, 0.1) is 0 Å². The average molecular weight is 268 g/mol. The van der Waals surface area contributed by atoms with Crippen LogP contribution in [0.1, 0.15) is 18.2 Å². The van der Waals surface area contributed by atoms with Crippen molar-refractivity contribution in [2.24, 2.45) is 0 Å². The maximum absolute atomic E-state index is 3.44. The van der Waals surface area contributed by atoms with Crippen LogP contribution in [0, 0.1) is 0 Å². The normalized spacial score (nSPS) is 11.7. The highest BCUT2D eigenvalue weighted by molar-refractivity contribution is 7.26. The molecule has 0 amide bonds. The topological polar surface area (TPSA) is 15.3 Å². The Morgan fingerprint density at radius 1 is 1.29 bits per heavy atom. The van der Waals surface area contributed by atoms with Crippen molar-refractivity contribution in [3.63, 3.8) is 0 Å². The van der Waals surface area contributed by atoms with Crippen LogP contribution in [-0.4, -0.2) is 31.6 Å². The third-order valence-electron chi connectivity index (χ3n) is 2.71. The lowest BCUT2D eigenvalue weighted by Crippen LogP contribution is -2.29. The number of hydrogen-bond acceptors (Lipinski definition) is 4. The largest absolute Gasteiger partial charge is 0.315 e. The maximum atomic E-state index is 3.44. The number of nitrogens with zero attached hydrogens (tertiary/aromatic N) is 1. The van der Waals surface area contributed by atoms with Gasteiger partial charge in [-0.05, 0) is 37.5 Å². The van der Waals surface area contributed by atoms with Crippen LogP contribution in [0.5, 0.6) is 0 Å². The van der Waals surface area contributed by atoms with Gasteiger partial charge in [-0.15, -0.1) is 22.7 Å². The Balaban J connectivity index is 1.78. The Labute approximate surface area is 111 Å². The first-order chi connectivity index (χ1) is 8.29. The van der Waals surface area contributed by atoms with Gasteiger partial charge >= 0.3 is 0 Å². The first-order valence-electron chi connectivity index (χ1n) is 6.14. The second-order valence-electron chi connectivity index (χ2n) is 4.35. The van der Waals surface area contributed by atoms with E-state index in [0.717, 1.165) is 26.2 Å². The van der Waals surface area contributed by atoms with E-state index in [1.807, 2.05) is 22.7 Å². The molecule has 94 valence electrons. The zero-order valence-electron chi connectivity index (χ0n) is 10.5. The Morgan fingerprint density at radius 2 is 2.18 bits per heavy atom. The van der Waals surface area contributed by atoms with Crippen molar-refractivity contribution in [2.45, 2.75) is 19.9 Å². The van der Waals surface area contributed by atoms with E-state index >= 15 is 0 Å². The first-order valence-corrected chi connectivity index (χ1v) is 7.84. The number of hydrogen-bond donors (Lipinski definition) is 1. The van der Waals surface area contributed by atoms with Crippen molar-refractivity contribution in [3.8, 4) is 0 Å². The molecule has 2 heterocycles. The van der Waals surface area contributed by atoms with Crippen LogP contribution < -0.4 is 5.32 Å². The first kappa shape index (κ1) is 13.0. The molecule has 0 saturated carbocycles. The summed E-state index contributed by atoms with van der Waals surface area (Å²) < 4.78 is 2.87. The summed E-state index contributed by atoms with van der Waals surface area (Å²) in [5, 5.41) is 5.61. The summed E-state index contributed by atoms with van der Waals surface area (Å²) in [4.78, 5) is 3.86. The van der Waals surface area contributed by atoms with Crippen molar-refractivity contribution in [2.75, 3.05) is 26.7 Å². The molecule has 2 rings (SSSR count). The molecule has 0 unspecified atom stereocenters. The molecule has 0 aromatic carbocycles. The van der Waals surface area contributed by atoms with E-state index in [2.05, 4.69) is 41.7 Å². The predicted octanol–water partition coefficient (Wildman–Crippen LogP) is 3.39. The molecule has 0 bridgehead atoms. The lowest BCUT2D eigenvalue weighted by molar-refractivity contribution is 0.327. The second kappa shape index (κ2) is 6.50. The van der Waals surface area contributed by atoms with Gasteiger partial charge in [-0.2, -0.15) is 0 Å². The highest BCUT2D eigenvalue weighted by Gasteiger charge is 2.05. The van der Waals surface area contributed by atoms with Gasteiger partial charge in [0.25, 0.3) is 0 Å². The van der Waals surface area contributed by atoms with Crippen molar-refractivity contribution in [1.82, 2.24) is 10.2 Å². The van der Waals surface area contributed by atoms with Gasteiger partial charge in [0.15, 0.2) is 0 Å². The number of nitrogens with one attached hydrogen (secondary N) is 1. The van der Waals surface area contributed by atoms with Crippen molar-refractivity contribution in [3.05, 3.63) is 22.4 Å². The third kappa shape index (κ3) is 3.78. The van der Waals surface area contributed by atoms with Crippen molar-refractivity contribution in [1.29, 1.82) is 0 Å². The molecule has 17 heavy (non-hydrogen) atoms. The molecule has 0 aliphatic heterocycles. The summed E-state index contributed by atoms with van der Waals surface area (Å²) in [6.07, 6.45) is 1.21. The van der Waals surface area contributed by atoms with Crippen LogP contribution in [0.15, 0.2) is 17.5 Å². The zero-order valence-corrected chi connectivity index (χ0v) is 12.2. The molecule has 2 aromatic rings. The van der Waals surface area contributed by atoms with Gasteiger partial charge in [-0.25, -0.2) is 0 Å². The zero-order chi connectivity index (χ0) is 12.1. The molecule has 0 aliphatic rings. The van der Waals surface area contributed by atoms with Gasteiger partial charge in [-0.3, -0.25) is 0 Å². The van der Waals surface area contributed by atoms with Gasteiger partial charge in [-0.1, -0.05) is 6.92 Å². The highest BCUT2D eigenvalue weighted by Crippen LogP contribution is 2.30. The average Bonchev–Trinajstić information content (AvgIpc) is 2.84. The van der Waals surface area contributed by atoms with Crippen molar-refractivity contribution >= 4 is 32.1 Å². The van der Waals surface area contributed by atoms with Crippen LogP contribution in [0.2, 0.25) is 0 Å². The monoisotopic (exact) mass is 268 g/mol. The summed E-state index contributed by atoms with van der Waals surface area (Å²) in [6.45, 7) is 6.60. The van der Waals surface area contributed by atoms with Crippen LogP contribution >= 0.6 is 22.7 Å². The van der Waals surface area contributed by atoms with Crippen LogP contribution in [0.3, 0.4) is 0 Å². The van der Waals surface area contributed by atoms with E-state index in [4.69, 9.17) is 0 Å². The van der Waals surface area contributed by atoms with E-state index in [1.165, 1.54) is 20.7 Å². The molecular formula is C13H20N2S2. The van der Waals surface area contributed by atoms with Gasteiger partial charge < -0.3 is 10.2 Å². The van der Waals surface area contributed by atoms with Gasteiger partial charge in [0, 0.05) is 33.9 Å².